The van der Waals surface area contributed by atoms with Crippen molar-refractivity contribution in [2.45, 2.75) is 39.3 Å². The standard InChI is InChI=1S/C21H25FN4O5/c1-10-7-13(8-23-19(10)22)24-20(29)16-11(2)17(26(4)12(16)3)18(28)21(30)25-14-5-6-31-9-15(14)27/h7-8,14-15,27H,5-6,9H2,1-4H3,(H,24,29)(H,25,30)/t14-,15-/m0/s1. The Balaban J connectivity index is 1.83. The van der Waals surface area contributed by atoms with Crippen LogP contribution in [-0.4, -0.2) is 57.6 Å². The quantitative estimate of drug-likeness (QED) is 0.371. The van der Waals surface area contributed by atoms with Gasteiger partial charge in [0.05, 0.1) is 41.9 Å². The zero-order chi connectivity index (χ0) is 22.9. The maximum absolute atomic E-state index is 13.4. The van der Waals surface area contributed by atoms with Crippen LogP contribution in [0, 0.1) is 26.7 Å². The van der Waals surface area contributed by atoms with E-state index in [0.717, 1.165) is 0 Å². The number of aliphatic hydroxyl groups is 1. The van der Waals surface area contributed by atoms with Gasteiger partial charge in [0, 0.05) is 24.9 Å². The van der Waals surface area contributed by atoms with Crippen LogP contribution < -0.4 is 10.6 Å². The van der Waals surface area contributed by atoms with Crippen LogP contribution in [0.3, 0.4) is 0 Å². The number of hydrogen-bond acceptors (Lipinski definition) is 6. The second kappa shape index (κ2) is 8.94. The molecule has 0 saturated carbocycles. The SMILES string of the molecule is Cc1cc(NC(=O)c2c(C)c(C(=O)C(=O)N[C@H]3CCOC[C@@H]3O)n(C)c2C)cnc1F. The van der Waals surface area contributed by atoms with Gasteiger partial charge in [0.15, 0.2) is 0 Å². The van der Waals surface area contributed by atoms with Crippen LogP contribution in [0.4, 0.5) is 10.1 Å². The maximum Gasteiger partial charge on any atom is 0.294 e. The van der Waals surface area contributed by atoms with E-state index >= 15 is 0 Å². The fraction of sp³-hybridized carbons (Fsp3) is 0.429. The molecule has 0 bridgehead atoms. The Morgan fingerprint density at radius 1 is 1.29 bits per heavy atom. The van der Waals surface area contributed by atoms with Gasteiger partial charge in [-0.3, -0.25) is 14.4 Å². The lowest BCUT2D eigenvalue weighted by Gasteiger charge is -2.28. The number of carbonyl (C=O) groups is 3. The number of aliphatic hydroxyl groups excluding tert-OH is 1. The number of halogens is 1. The number of carbonyl (C=O) groups excluding carboxylic acids is 3. The zero-order valence-electron chi connectivity index (χ0n) is 17.8. The number of Topliss-reactive ketones (excluding diaryl/α,β-unsaturated/α-hetero) is 1. The zero-order valence-corrected chi connectivity index (χ0v) is 17.8. The molecule has 0 aliphatic carbocycles. The first kappa shape index (κ1) is 22.6. The second-order valence-corrected chi connectivity index (χ2v) is 7.62. The fourth-order valence-electron chi connectivity index (χ4n) is 3.69. The molecule has 3 heterocycles. The number of aromatic nitrogens is 2. The number of amides is 2. The summed E-state index contributed by atoms with van der Waals surface area (Å²) in [6.07, 6.45) is 0.701. The number of ketones is 1. The summed E-state index contributed by atoms with van der Waals surface area (Å²) in [6, 6.07) is 0.871. The second-order valence-electron chi connectivity index (χ2n) is 7.62. The van der Waals surface area contributed by atoms with Gasteiger partial charge in [-0.05, 0) is 38.8 Å². The molecule has 2 atom stereocenters. The van der Waals surface area contributed by atoms with Crippen LogP contribution in [0.2, 0.25) is 0 Å². The van der Waals surface area contributed by atoms with E-state index in [0.29, 0.717) is 30.0 Å². The van der Waals surface area contributed by atoms with E-state index in [4.69, 9.17) is 4.74 Å². The Kier molecular flexibility index (Phi) is 6.51. The Hall–Kier alpha value is -3.11. The molecule has 1 aliphatic rings. The molecule has 3 rings (SSSR count). The number of anilines is 1. The van der Waals surface area contributed by atoms with E-state index in [-0.39, 0.29) is 23.4 Å². The largest absolute Gasteiger partial charge is 0.389 e. The first-order chi connectivity index (χ1) is 14.6. The van der Waals surface area contributed by atoms with Gasteiger partial charge in [0.1, 0.15) is 0 Å². The number of ether oxygens (including phenoxy) is 1. The van der Waals surface area contributed by atoms with Crippen LogP contribution >= 0.6 is 0 Å². The minimum atomic E-state index is -0.893. The lowest BCUT2D eigenvalue weighted by molar-refractivity contribution is -0.120. The topological polar surface area (TPSA) is 123 Å². The Bertz CT molecular complexity index is 1050. The fourth-order valence-corrected chi connectivity index (χ4v) is 3.69. The molecule has 0 aromatic carbocycles. The van der Waals surface area contributed by atoms with Crippen LogP contribution in [0.25, 0.3) is 0 Å². The molecule has 2 amide bonds. The predicted octanol–water partition coefficient (Wildman–Crippen LogP) is 1.19. The molecule has 31 heavy (non-hydrogen) atoms. The third kappa shape index (κ3) is 4.49. The maximum atomic E-state index is 13.4. The van der Waals surface area contributed by atoms with Gasteiger partial charge < -0.3 is 25.0 Å². The van der Waals surface area contributed by atoms with Crippen molar-refractivity contribution in [3.63, 3.8) is 0 Å². The molecule has 0 spiro atoms. The van der Waals surface area contributed by atoms with Crippen molar-refractivity contribution >= 4 is 23.3 Å². The van der Waals surface area contributed by atoms with Crippen LogP contribution in [-0.2, 0) is 16.6 Å². The van der Waals surface area contributed by atoms with E-state index in [1.807, 2.05) is 0 Å². The summed E-state index contributed by atoms with van der Waals surface area (Å²) in [5.74, 6) is -2.79. The lowest BCUT2D eigenvalue weighted by Crippen LogP contribution is -2.50. The van der Waals surface area contributed by atoms with Crippen molar-refractivity contribution in [3.8, 4) is 0 Å². The van der Waals surface area contributed by atoms with Gasteiger partial charge in [-0.2, -0.15) is 4.39 Å². The van der Waals surface area contributed by atoms with Crippen molar-refractivity contribution in [2.24, 2.45) is 7.05 Å². The van der Waals surface area contributed by atoms with Crippen LogP contribution in [0.5, 0.6) is 0 Å². The van der Waals surface area contributed by atoms with Crippen molar-refractivity contribution < 1.29 is 28.6 Å². The first-order valence-electron chi connectivity index (χ1n) is 9.82. The lowest BCUT2D eigenvalue weighted by atomic mass is 10.0. The highest BCUT2D eigenvalue weighted by Gasteiger charge is 2.32. The summed E-state index contributed by atoms with van der Waals surface area (Å²) in [6.45, 7) is 5.23. The van der Waals surface area contributed by atoms with E-state index in [9.17, 15) is 23.9 Å². The summed E-state index contributed by atoms with van der Waals surface area (Å²) in [5, 5.41) is 15.1. The highest BCUT2D eigenvalue weighted by molar-refractivity contribution is 6.43. The molecule has 166 valence electrons. The van der Waals surface area contributed by atoms with Crippen LogP contribution in [0.15, 0.2) is 12.3 Å². The first-order valence-corrected chi connectivity index (χ1v) is 9.82. The van der Waals surface area contributed by atoms with Gasteiger partial charge >= 0.3 is 0 Å². The van der Waals surface area contributed by atoms with Crippen molar-refractivity contribution in [1.29, 1.82) is 0 Å². The van der Waals surface area contributed by atoms with E-state index in [2.05, 4.69) is 15.6 Å². The van der Waals surface area contributed by atoms with Crippen molar-refractivity contribution in [2.75, 3.05) is 18.5 Å². The molecule has 10 heteroatoms. The Morgan fingerprint density at radius 2 is 2.00 bits per heavy atom. The smallest absolute Gasteiger partial charge is 0.294 e. The van der Waals surface area contributed by atoms with Gasteiger partial charge in [0.25, 0.3) is 17.6 Å². The third-order valence-corrected chi connectivity index (χ3v) is 5.49. The average Bonchev–Trinajstić information content (AvgIpc) is 2.94. The van der Waals surface area contributed by atoms with Gasteiger partial charge in [-0.15, -0.1) is 0 Å². The van der Waals surface area contributed by atoms with Crippen molar-refractivity contribution in [1.82, 2.24) is 14.9 Å². The molecule has 0 radical (unpaired) electrons. The van der Waals surface area contributed by atoms with Crippen molar-refractivity contribution in [3.05, 3.63) is 46.3 Å². The third-order valence-electron chi connectivity index (χ3n) is 5.49. The highest BCUT2D eigenvalue weighted by atomic mass is 19.1. The van der Waals surface area contributed by atoms with Crippen LogP contribution in [0.1, 0.15) is 44.1 Å². The summed E-state index contributed by atoms with van der Waals surface area (Å²) in [5.41, 5.74) is 1.75. The Morgan fingerprint density at radius 3 is 2.65 bits per heavy atom. The molecule has 9 nitrogen and oxygen atoms in total. The summed E-state index contributed by atoms with van der Waals surface area (Å²) in [7, 11) is 1.59. The number of nitrogens with one attached hydrogen (secondary N) is 2. The molecule has 1 aliphatic heterocycles. The number of nitrogens with zero attached hydrogens (tertiary/aromatic N) is 2. The van der Waals surface area contributed by atoms with Gasteiger partial charge in [0.2, 0.25) is 5.95 Å². The molecule has 2 aromatic heterocycles. The average molecular weight is 432 g/mol. The van der Waals surface area contributed by atoms with Gasteiger partial charge in [-0.25, -0.2) is 4.98 Å². The highest BCUT2D eigenvalue weighted by Crippen LogP contribution is 2.23. The monoisotopic (exact) mass is 432 g/mol. The molecule has 0 unspecified atom stereocenters. The van der Waals surface area contributed by atoms with Gasteiger partial charge in [-0.1, -0.05) is 0 Å². The summed E-state index contributed by atoms with van der Waals surface area (Å²) >= 11 is 0. The molecular formula is C21H25FN4O5. The molecule has 1 saturated heterocycles. The molecule has 2 aromatic rings. The summed E-state index contributed by atoms with van der Waals surface area (Å²) < 4.78 is 20.0. The number of aryl methyl sites for hydroxylation is 1. The number of rotatable bonds is 5. The molecular weight excluding hydrogens is 407 g/mol. The van der Waals surface area contributed by atoms with E-state index in [1.165, 1.54) is 23.8 Å². The number of hydrogen-bond donors (Lipinski definition) is 3. The normalized spacial score (nSPS) is 18.5. The minimum Gasteiger partial charge on any atom is -0.389 e. The predicted molar refractivity (Wildman–Crippen MR) is 109 cm³/mol. The molecule has 1 fully saturated rings. The Labute approximate surface area is 178 Å². The number of pyridine rings is 1. The van der Waals surface area contributed by atoms with E-state index < -0.39 is 35.7 Å². The summed E-state index contributed by atoms with van der Waals surface area (Å²) in [4.78, 5) is 41.9. The molecule has 3 N–H and O–H groups in total. The minimum absolute atomic E-state index is 0.0788. The van der Waals surface area contributed by atoms with E-state index in [1.54, 1.807) is 20.9 Å².